The van der Waals surface area contributed by atoms with Gasteiger partial charge in [-0.05, 0) is 25.5 Å². The molecule has 0 radical (unpaired) electrons. The van der Waals surface area contributed by atoms with Crippen molar-refractivity contribution in [3.05, 3.63) is 36.4 Å². The predicted molar refractivity (Wildman–Crippen MR) is 104 cm³/mol. The minimum absolute atomic E-state index is 0.158. The second-order valence-corrected chi connectivity index (χ2v) is 8.84. The second kappa shape index (κ2) is 6.43. The maximum absolute atomic E-state index is 12.9. The van der Waals surface area contributed by atoms with Crippen LogP contribution in [-0.4, -0.2) is 55.9 Å². The van der Waals surface area contributed by atoms with Crippen LogP contribution in [0.25, 0.3) is 16.7 Å². The third-order valence-electron chi connectivity index (χ3n) is 4.83. The molecule has 1 unspecified atom stereocenters. The molecule has 1 saturated heterocycles. The Kier molecular flexibility index (Phi) is 4.00. The number of nitrogens with zero attached hydrogens (tertiary/aromatic N) is 7. The molecule has 0 amide bonds. The van der Waals surface area contributed by atoms with E-state index in [1.807, 2.05) is 22.4 Å². The Morgan fingerprint density at radius 1 is 1.25 bits per heavy atom. The number of sulfonamides is 1. The van der Waals surface area contributed by atoms with Crippen LogP contribution < -0.4 is 9.62 Å². The van der Waals surface area contributed by atoms with Gasteiger partial charge in [-0.15, -0.1) is 10.2 Å². The Balaban J connectivity index is 1.40. The normalized spacial score (nSPS) is 17.8. The van der Waals surface area contributed by atoms with E-state index in [0.717, 1.165) is 17.6 Å². The zero-order chi connectivity index (χ0) is 19.3. The van der Waals surface area contributed by atoms with Crippen LogP contribution in [0.2, 0.25) is 0 Å². The van der Waals surface area contributed by atoms with Gasteiger partial charge in [-0.25, -0.2) is 18.1 Å². The lowest BCUT2D eigenvalue weighted by molar-refractivity contribution is 0.562. The van der Waals surface area contributed by atoms with Crippen LogP contribution in [0, 0.1) is 6.92 Å². The van der Waals surface area contributed by atoms with Crippen molar-refractivity contribution in [2.75, 3.05) is 18.0 Å². The molecule has 1 aromatic carbocycles. The van der Waals surface area contributed by atoms with E-state index in [9.17, 15) is 8.42 Å². The summed E-state index contributed by atoms with van der Waals surface area (Å²) in [6, 6.07) is 4.75. The van der Waals surface area contributed by atoms with Crippen molar-refractivity contribution < 1.29 is 8.42 Å². The largest absolute Gasteiger partial charge is 0.352 e. The van der Waals surface area contributed by atoms with Crippen LogP contribution in [-0.2, 0) is 10.0 Å². The van der Waals surface area contributed by atoms with E-state index < -0.39 is 10.0 Å². The third kappa shape index (κ3) is 2.80. The summed E-state index contributed by atoms with van der Waals surface area (Å²) in [5.41, 5.74) is 1.65. The fourth-order valence-corrected chi connectivity index (χ4v) is 5.51. The van der Waals surface area contributed by atoms with Crippen molar-refractivity contribution in [3.8, 4) is 0 Å². The molecule has 1 fully saturated rings. The van der Waals surface area contributed by atoms with Gasteiger partial charge in [0.05, 0.1) is 11.7 Å². The van der Waals surface area contributed by atoms with Crippen molar-refractivity contribution >= 4 is 44.2 Å². The highest BCUT2D eigenvalue weighted by Crippen LogP contribution is 2.25. The molecule has 0 saturated carbocycles. The van der Waals surface area contributed by atoms with Gasteiger partial charge in [0.25, 0.3) is 0 Å². The summed E-state index contributed by atoms with van der Waals surface area (Å²) < 4.78 is 38.8. The molecule has 0 spiro atoms. The van der Waals surface area contributed by atoms with Crippen molar-refractivity contribution in [2.24, 2.45) is 0 Å². The number of benzene rings is 1. The lowest BCUT2D eigenvalue weighted by atomic mass is 10.3. The molecule has 4 heterocycles. The monoisotopic (exact) mass is 416 g/mol. The molecule has 28 heavy (non-hydrogen) atoms. The minimum Gasteiger partial charge on any atom is -0.352 e. The quantitative estimate of drug-likeness (QED) is 0.523. The van der Waals surface area contributed by atoms with Gasteiger partial charge in [0.2, 0.25) is 15.7 Å². The van der Waals surface area contributed by atoms with Crippen LogP contribution >= 0.6 is 11.7 Å². The standard InChI is InChI=1S/C16H16N8O2S2/c1-10-18-19-16-15(17-6-8-24(10)16)23-7-5-11(9-23)22-28(25,26)13-4-2-3-12-14(13)21-27-20-12/h2-4,6,8,11,22H,5,7,9H2,1H3. The summed E-state index contributed by atoms with van der Waals surface area (Å²) in [7, 11) is -3.71. The Labute approximate surface area is 164 Å². The first kappa shape index (κ1) is 17.4. The van der Waals surface area contributed by atoms with Gasteiger partial charge >= 0.3 is 0 Å². The fraction of sp³-hybridized carbons (Fsp3) is 0.312. The summed E-state index contributed by atoms with van der Waals surface area (Å²) in [6.07, 6.45) is 4.18. The van der Waals surface area contributed by atoms with Crippen LogP contribution in [0.4, 0.5) is 5.82 Å². The van der Waals surface area contributed by atoms with Gasteiger partial charge in [0.15, 0.2) is 5.82 Å². The van der Waals surface area contributed by atoms with Crippen LogP contribution in [0.1, 0.15) is 12.2 Å². The summed E-state index contributed by atoms with van der Waals surface area (Å²) in [6.45, 7) is 3.05. The van der Waals surface area contributed by atoms with Gasteiger partial charge in [0, 0.05) is 31.5 Å². The van der Waals surface area contributed by atoms with Gasteiger partial charge in [-0.1, -0.05) is 6.07 Å². The van der Waals surface area contributed by atoms with Gasteiger partial charge in [-0.2, -0.15) is 8.75 Å². The van der Waals surface area contributed by atoms with Crippen LogP contribution in [0.15, 0.2) is 35.5 Å². The number of aryl methyl sites for hydroxylation is 1. The van der Waals surface area contributed by atoms with Crippen molar-refractivity contribution in [1.29, 1.82) is 0 Å². The van der Waals surface area contributed by atoms with E-state index in [4.69, 9.17) is 0 Å². The van der Waals surface area contributed by atoms with E-state index in [2.05, 4.69) is 28.7 Å². The Bertz CT molecular complexity index is 1280. The average Bonchev–Trinajstić information content (AvgIpc) is 3.41. The third-order valence-corrected chi connectivity index (χ3v) is 6.92. The molecule has 5 rings (SSSR count). The summed E-state index contributed by atoms with van der Waals surface area (Å²) in [4.78, 5) is 6.62. The van der Waals surface area contributed by atoms with Gasteiger partial charge in [-0.3, -0.25) is 4.40 Å². The SMILES string of the molecule is Cc1nnc2c(N3CCC(NS(=O)(=O)c4cccc5nsnc45)C3)nccn12. The fourth-order valence-electron chi connectivity index (χ4n) is 3.48. The number of fused-ring (bicyclic) bond motifs is 2. The highest BCUT2D eigenvalue weighted by Gasteiger charge is 2.30. The smallest absolute Gasteiger partial charge is 0.243 e. The van der Waals surface area contributed by atoms with E-state index in [1.165, 1.54) is 0 Å². The summed E-state index contributed by atoms with van der Waals surface area (Å²) in [5.74, 6) is 1.48. The second-order valence-electron chi connectivity index (χ2n) is 6.63. The zero-order valence-corrected chi connectivity index (χ0v) is 16.5. The lowest BCUT2D eigenvalue weighted by Gasteiger charge is -2.18. The molecule has 10 nitrogen and oxygen atoms in total. The molecule has 12 heteroatoms. The topological polar surface area (TPSA) is 118 Å². The molecule has 3 aromatic heterocycles. The number of rotatable bonds is 4. The minimum atomic E-state index is -3.71. The maximum atomic E-state index is 12.9. The Morgan fingerprint density at radius 3 is 3.04 bits per heavy atom. The molecule has 1 aliphatic rings. The van der Waals surface area contributed by atoms with Crippen LogP contribution in [0.3, 0.4) is 0 Å². The summed E-state index contributed by atoms with van der Waals surface area (Å²) in [5, 5.41) is 8.29. The first-order valence-corrected chi connectivity index (χ1v) is 10.9. The number of nitrogens with one attached hydrogen (secondary N) is 1. The maximum Gasteiger partial charge on any atom is 0.243 e. The lowest BCUT2D eigenvalue weighted by Crippen LogP contribution is -2.37. The Morgan fingerprint density at radius 2 is 2.14 bits per heavy atom. The van der Waals surface area contributed by atoms with Crippen LogP contribution in [0.5, 0.6) is 0 Å². The average molecular weight is 416 g/mol. The Hall–Kier alpha value is -2.70. The highest BCUT2D eigenvalue weighted by atomic mass is 32.2. The highest BCUT2D eigenvalue weighted by molar-refractivity contribution is 7.89. The molecule has 144 valence electrons. The van der Waals surface area contributed by atoms with Crippen molar-refractivity contribution in [2.45, 2.75) is 24.3 Å². The van der Waals surface area contributed by atoms with Crippen molar-refractivity contribution in [3.63, 3.8) is 0 Å². The molecule has 1 atom stereocenters. The van der Waals surface area contributed by atoms with Crippen molar-refractivity contribution in [1.82, 2.24) is 33.1 Å². The first-order chi connectivity index (χ1) is 13.5. The first-order valence-electron chi connectivity index (χ1n) is 8.68. The van der Waals surface area contributed by atoms with Gasteiger partial charge in [0.1, 0.15) is 21.8 Å². The molecule has 4 aromatic rings. The number of aromatic nitrogens is 6. The zero-order valence-electron chi connectivity index (χ0n) is 14.8. The molecule has 1 N–H and O–H groups in total. The number of hydrogen-bond acceptors (Lipinski definition) is 9. The van der Waals surface area contributed by atoms with E-state index in [-0.39, 0.29) is 10.9 Å². The number of hydrogen-bond donors (Lipinski definition) is 1. The van der Waals surface area contributed by atoms with Gasteiger partial charge < -0.3 is 4.90 Å². The van der Waals surface area contributed by atoms with E-state index in [0.29, 0.717) is 42.0 Å². The molecular weight excluding hydrogens is 400 g/mol. The molecule has 0 bridgehead atoms. The summed E-state index contributed by atoms with van der Waals surface area (Å²) >= 11 is 1.00. The van der Waals surface area contributed by atoms with E-state index in [1.54, 1.807) is 24.4 Å². The van der Waals surface area contributed by atoms with E-state index >= 15 is 0 Å². The molecule has 0 aliphatic carbocycles. The number of anilines is 1. The molecular formula is C16H16N8O2S2. The molecule has 1 aliphatic heterocycles. The predicted octanol–water partition coefficient (Wildman–Crippen LogP) is 0.995.